The van der Waals surface area contributed by atoms with E-state index in [1.54, 1.807) is 0 Å². The Labute approximate surface area is 84.6 Å². The first-order valence-electron chi connectivity index (χ1n) is 4.35. The van der Waals surface area contributed by atoms with Crippen molar-refractivity contribution in [3.8, 4) is 0 Å². The molecule has 0 aliphatic rings. The lowest BCUT2D eigenvalue weighted by molar-refractivity contribution is -0.0329. The number of hydrogen-bond donors (Lipinski definition) is 0. The third-order valence-corrected chi connectivity index (χ3v) is 1.89. The van der Waals surface area contributed by atoms with Gasteiger partial charge in [0.05, 0.1) is 25.4 Å². The molecule has 6 heteroatoms. The zero-order chi connectivity index (χ0) is 11.2. The van der Waals surface area contributed by atoms with Crippen molar-refractivity contribution in [2.24, 2.45) is 0 Å². The van der Waals surface area contributed by atoms with E-state index >= 15 is 0 Å². The molecule has 0 aromatic carbocycles. The van der Waals surface area contributed by atoms with E-state index in [1.807, 2.05) is 20.8 Å². The van der Waals surface area contributed by atoms with Crippen LogP contribution in [0.5, 0.6) is 0 Å². The van der Waals surface area contributed by atoms with Crippen LogP contribution in [0.2, 0.25) is 0 Å². The van der Waals surface area contributed by atoms with Crippen LogP contribution in [0.1, 0.15) is 20.8 Å². The monoisotopic (exact) mass is 228 g/mol. The Bertz CT molecular complexity index is 243. The fourth-order valence-corrected chi connectivity index (χ4v) is 0.984. The summed E-state index contributed by atoms with van der Waals surface area (Å²) < 4.78 is 42.2. The van der Waals surface area contributed by atoms with Crippen LogP contribution in [0.3, 0.4) is 0 Å². The van der Waals surface area contributed by atoms with Crippen molar-refractivity contribution in [3.05, 3.63) is 0 Å². The second-order valence-electron chi connectivity index (χ2n) is 3.82. The molecule has 0 unspecified atom stereocenters. The van der Waals surface area contributed by atoms with Crippen molar-refractivity contribution >= 4 is 10.2 Å². The first kappa shape index (κ1) is 13.8. The van der Waals surface area contributed by atoms with Gasteiger partial charge in [0.2, 0.25) is 0 Å². The Kier molecular flexibility index (Phi) is 5.54. The van der Waals surface area contributed by atoms with E-state index in [0.717, 1.165) is 0 Å². The zero-order valence-electron chi connectivity index (χ0n) is 8.75. The molecule has 0 fully saturated rings. The van der Waals surface area contributed by atoms with Gasteiger partial charge < -0.3 is 9.47 Å². The molecule has 0 saturated carbocycles. The van der Waals surface area contributed by atoms with E-state index in [1.165, 1.54) is 0 Å². The lowest BCUT2D eigenvalue weighted by Crippen LogP contribution is -2.22. The van der Waals surface area contributed by atoms with Gasteiger partial charge in [0.25, 0.3) is 0 Å². The predicted octanol–water partition coefficient (Wildman–Crippen LogP) is 1.12. The van der Waals surface area contributed by atoms with Crippen LogP contribution >= 0.6 is 0 Å². The molecule has 0 aromatic rings. The SMILES string of the molecule is CC(C)(C)OCCOCCS(=O)(=O)F. The van der Waals surface area contributed by atoms with Crippen molar-refractivity contribution in [1.82, 2.24) is 0 Å². The number of ether oxygens (including phenoxy) is 2. The highest BCUT2D eigenvalue weighted by Gasteiger charge is 2.09. The van der Waals surface area contributed by atoms with Gasteiger partial charge in [-0.2, -0.15) is 8.42 Å². The molecule has 0 spiro atoms. The lowest BCUT2D eigenvalue weighted by atomic mass is 10.2. The predicted molar refractivity (Wildman–Crippen MR) is 51.4 cm³/mol. The quantitative estimate of drug-likeness (QED) is 0.505. The highest BCUT2D eigenvalue weighted by atomic mass is 32.3. The summed E-state index contributed by atoms with van der Waals surface area (Å²) in [7, 11) is -4.41. The summed E-state index contributed by atoms with van der Waals surface area (Å²) in [5.74, 6) is -0.595. The Morgan fingerprint density at radius 1 is 1.14 bits per heavy atom. The maximum atomic E-state index is 11.9. The van der Waals surface area contributed by atoms with E-state index < -0.39 is 16.0 Å². The fraction of sp³-hybridized carbons (Fsp3) is 1.00. The Morgan fingerprint density at radius 3 is 2.14 bits per heavy atom. The van der Waals surface area contributed by atoms with Crippen molar-refractivity contribution < 1.29 is 21.8 Å². The maximum Gasteiger partial charge on any atom is 0.304 e. The Morgan fingerprint density at radius 2 is 1.71 bits per heavy atom. The highest BCUT2D eigenvalue weighted by Crippen LogP contribution is 2.05. The van der Waals surface area contributed by atoms with Crippen LogP contribution in [0.25, 0.3) is 0 Å². The van der Waals surface area contributed by atoms with E-state index in [-0.39, 0.29) is 18.8 Å². The minimum absolute atomic E-state index is 0.133. The largest absolute Gasteiger partial charge is 0.378 e. The summed E-state index contributed by atoms with van der Waals surface area (Å²) in [6.45, 7) is 6.21. The zero-order valence-corrected chi connectivity index (χ0v) is 9.56. The average Bonchev–Trinajstić information content (AvgIpc) is 1.92. The molecule has 0 aromatic heterocycles. The Hall–Kier alpha value is -0.200. The maximum absolute atomic E-state index is 11.9. The minimum atomic E-state index is -4.41. The lowest BCUT2D eigenvalue weighted by Gasteiger charge is -2.19. The van der Waals surface area contributed by atoms with Crippen molar-refractivity contribution in [2.75, 3.05) is 25.6 Å². The van der Waals surface area contributed by atoms with Gasteiger partial charge in [-0.25, -0.2) is 0 Å². The van der Waals surface area contributed by atoms with Gasteiger partial charge in [0.15, 0.2) is 0 Å². The van der Waals surface area contributed by atoms with Gasteiger partial charge in [0.1, 0.15) is 5.75 Å². The van der Waals surface area contributed by atoms with Crippen molar-refractivity contribution in [3.63, 3.8) is 0 Å². The molecule has 14 heavy (non-hydrogen) atoms. The summed E-state index contributed by atoms with van der Waals surface area (Å²) >= 11 is 0. The number of rotatable bonds is 6. The first-order chi connectivity index (χ1) is 6.21. The first-order valence-corrected chi connectivity index (χ1v) is 5.90. The summed E-state index contributed by atoms with van der Waals surface area (Å²) in [4.78, 5) is 0. The minimum Gasteiger partial charge on any atom is -0.378 e. The van der Waals surface area contributed by atoms with E-state index in [9.17, 15) is 12.3 Å². The molecule has 0 aliphatic heterocycles. The van der Waals surface area contributed by atoms with Crippen LogP contribution in [0.4, 0.5) is 3.89 Å². The van der Waals surface area contributed by atoms with E-state index in [0.29, 0.717) is 6.61 Å². The Balaban J connectivity index is 3.32. The molecule has 0 amide bonds. The summed E-state index contributed by atoms with van der Waals surface area (Å²) in [5, 5.41) is 0. The standard InChI is InChI=1S/C8H17FO4S/c1-8(2,3)13-5-4-12-6-7-14(9,10)11/h4-7H2,1-3H3. The van der Waals surface area contributed by atoms with Gasteiger partial charge >= 0.3 is 10.2 Å². The van der Waals surface area contributed by atoms with Gasteiger partial charge in [-0.1, -0.05) is 0 Å². The van der Waals surface area contributed by atoms with E-state index in [2.05, 4.69) is 0 Å². The fourth-order valence-electron chi connectivity index (χ4n) is 0.667. The molecule has 0 bridgehead atoms. The summed E-state index contributed by atoms with van der Waals surface area (Å²) in [6.07, 6.45) is 0. The van der Waals surface area contributed by atoms with Gasteiger partial charge in [-0.15, -0.1) is 3.89 Å². The second kappa shape index (κ2) is 5.63. The highest BCUT2D eigenvalue weighted by molar-refractivity contribution is 7.86. The summed E-state index contributed by atoms with van der Waals surface area (Å²) in [5.41, 5.74) is -0.241. The molecule has 0 heterocycles. The summed E-state index contributed by atoms with van der Waals surface area (Å²) in [6, 6.07) is 0. The number of hydrogen-bond acceptors (Lipinski definition) is 4. The van der Waals surface area contributed by atoms with Crippen molar-refractivity contribution in [2.45, 2.75) is 26.4 Å². The molecule has 0 N–H and O–H groups in total. The van der Waals surface area contributed by atoms with E-state index in [4.69, 9.17) is 9.47 Å². The third kappa shape index (κ3) is 11.8. The molecule has 0 rings (SSSR count). The molecule has 86 valence electrons. The topological polar surface area (TPSA) is 52.6 Å². The van der Waals surface area contributed by atoms with Gasteiger partial charge in [0, 0.05) is 0 Å². The third-order valence-electron chi connectivity index (χ3n) is 1.23. The number of halogens is 1. The molecule has 4 nitrogen and oxygen atoms in total. The molecular weight excluding hydrogens is 211 g/mol. The van der Waals surface area contributed by atoms with Crippen LogP contribution in [-0.2, 0) is 19.7 Å². The molecular formula is C8H17FO4S. The molecule has 0 aliphatic carbocycles. The molecule has 0 atom stereocenters. The normalized spacial score (nSPS) is 13.1. The van der Waals surface area contributed by atoms with Gasteiger partial charge in [-0.3, -0.25) is 0 Å². The molecule has 0 saturated heterocycles. The van der Waals surface area contributed by atoms with Crippen LogP contribution in [0, 0.1) is 0 Å². The molecule has 0 radical (unpaired) electrons. The average molecular weight is 228 g/mol. The van der Waals surface area contributed by atoms with Crippen LogP contribution in [-0.4, -0.2) is 39.6 Å². The second-order valence-corrected chi connectivity index (χ2v) is 5.30. The van der Waals surface area contributed by atoms with Crippen LogP contribution < -0.4 is 0 Å². The van der Waals surface area contributed by atoms with Crippen molar-refractivity contribution in [1.29, 1.82) is 0 Å². The van der Waals surface area contributed by atoms with Crippen LogP contribution in [0.15, 0.2) is 0 Å². The van der Waals surface area contributed by atoms with Gasteiger partial charge in [-0.05, 0) is 20.8 Å². The smallest absolute Gasteiger partial charge is 0.304 e.